The second-order valence-corrected chi connectivity index (χ2v) is 7.11. The van der Waals surface area contributed by atoms with Crippen LogP contribution >= 0.6 is 0 Å². The number of benzene rings is 2. The number of rotatable bonds is 7. The molecule has 11 nitrogen and oxygen atoms in total. The third kappa shape index (κ3) is 5.01. The number of aromatic nitrogens is 3. The van der Waals surface area contributed by atoms with E-state index in [0.717, 1.165) is 5.69 Å². The van der Waals surface area contributed by atoms with Gasteiger partial charge in [0, 0.05) is 12.1 Å². The van der Waals surface area contributed by atoms with Gasteiger partial charge in [0.25, 0.3) is 5.91 Å². The number of carbonyl (C=O) groups excluding carboxylic acids is 3. The zero-order chi connectivity index (χ0) is 23.4. The Bertz CT molecular complexity index is 1190. The first-order valence-electron chi connectivity index (χ1n) is 9.85. The number of hydrogen-bond donors (Lipinski definition) is 3. The number of anilines is 2. The monoisotopic (exact) mass is 450 g/mol. The van der Waals surface area contributed by atoms with Crippen LogP contribution in [0.15, 0.2) is 66.3 Å². The summed E-state index contributed by atoms with van der Waals surface area (Å²) in [6.45, 7) is -0.305. The van der Waals surface area contributed by atoms with E-state index in [1.54, 1.807) is 35.3 Å². The molecule has 3 amide bonds. The van der Waals surface area contributed by atoms with E-state index in [9.17, 15) is 18.8 Å². The predicted octanol–water partition coefficient (Wildman–Crippen LogP) is 0.581. The molecule has 1 atom stereocenters. The average Bonchev–Trinajstić information content (AvgIpc) is 3.49. The average molecular weight is 450 g/mol. The highest BCUT2D eigenvalue weighted by Crippen LogP contribution is 2.24. The van der Waals surface area contributed by atoms with Crippen molar-refractivity contribution in [2.75, 3.05) is 16.9 Å². The molecule has 12 heteroatoms. The molecule has 0 fully saturated rings. The first kappa shape index (κ1) is 21.6. The van der Waals surface area contributed by atoms with Crippen LogP contribution in [0.3, 0.4) is 0 Å². The van der Waals surface area contributed by atoms with Gasteiger partial charge in [-0.15, -0.1) is 0 Å². The molecule has 1 aliphatic heterocycles. The van der Waals surface area contributed by atoms with Gasteiger partial charge in [0.1, 0.15) is 30.2 Å². The fourth-order valence-electron chi connectivity index (χ4n) is 3.21. The zero-order valence-corrected chi connectivity index (χ0v) is 17.2. The van der Waals surface area contributed by atoms with Crippen molar-refractivity contribution >= 4 is 34.8 Å². The summed E-state index contributed by atoms with van der Waals surface area (Å²) in [4.78, 5) is 40.4. The molecule has 1 unspecified atom stereocenters. The molecule has 4 rings (SSSR count). The van der Waals surface area contributed by atoms with Crippen LogP contribution in [0.1, 0.15) is 6.42 Å². The normalized spacial score (nSPS) is 15.1. The second kappa shape index (κ2) is 9.26. The van der Waals surface area contributed by atoms with Crippen LogP contribution in [0.2, 0.25) is 0 Å². The topological polar surface area (TPSA) is 148 Å². The number of nitrogens with one attached hydrogen (secondary N) is 2. The maximum Gasteiger partial charge on any atom is 0.268 e. The molecule has 0 bridgehead atoms. The van der Waals surface area contributed by atoms with Crippen molar-refractivity contribution in [2.24, 2.45) is 10.8 Å². The minimum Gasteiger partial charge on any atom is -0.368 e. The van der Waals surface area contributed by atoms with E-state index in [-0.39, 0.29) is 18.7 Å². The summed E-state index contributed by atoms with van der Waals surface area (Å²) in [7, 11) is 0. The summed E-state index contributed by atoms with van der Waals surface area (Å²) >= 11 is 0. The Kier molecular flexibility index (Phi) is 6.06. The quantitative estimate of drug-likeness (QED) is 0.480. The van der Waals surface area contributed by atoms with Gasteiger partial charge in [-0.05, 0) is 48.5 Å². The zero-order valence-electron chi connectivity index (χ0n) is 17.2. The summed E-state index contributed by atoms with van der Waals surface area (Å²) in [6.07, 6.45) is 2.93. The van der Waals surface area contributed by atoms with Gasteiger partial charge in [0.15, 0.2) is 0 Å². The Morgan fingerprint density at radius 2 is 1.76 bits per heavy atom. The third-order valence-electron chi connectivity index (χ3n) is 4.84. The molecule has 1 aliphatic rings. The highest BCUT2D eigenvalue weighted by atomic mass is 19.1. The second-order valence-electron chi connectivity index (χ2n) is 7.11. The van der Waals surface area contributed by atoms with Gasteiger partial charge in [-0.2, -0.15) is 10.2 Å². The fourth-order valence-corrected chi connectivity index (χ4v) is 3.21. The van der Waals surface area contributed by atoms with E-state index >= 15 is 0 Å². The Hall–Kier alpha value is -4.61. The van der Waals surface area contributed by atoms with Gasteiger partial charge in [-0.3, -0.25) is 19.4 Å². The van der Waals surface area contributed by atoms with E-state index in [2.05, 4.69) is 25.8 Å². The number of primary amides is 1. The molecule has 0 radical (unpaired) electrons. The Morgan fingerprint density at radius 1 is 1.06 bits per heavy atom. The lowest BCUT2D eigenvalue weighted by Gasteiger charge is -2.20. The Balaban J connectivity index is 1.34. The molecular weight excluding hydrogens is 431 g/mol. The number of hydrazone groups is 1. The lowest BCUT2D eigenvalue weighted by Crippen LogP contribution is -2.40. The summed E-state index contributed by atoms with van der Waals surface area (Å²) in [5.41, 5.74) is 7.19. The van der Waals surface area contributed by atoms with Gasteiger partial charge in [-0.25, -0.2) is 14.1 Å². The van der Waals surface area contributed by atoms with Crippen LogP contribution in [0.4, 0.5) is 15.8 Å². The van der Waals surface area contributed by atoms with Crippen molar-refractivity contribution in [1.29, 1.82) is 0 Å². The summed E-state index contributed by atoms with van der Waals surface area (Å²) in [5.74, 6) is -2.19. The molecule has 0 aliphatic carbocycles. The molecule has 3 aromatic rings. The molecule has 33 heavy (non-hydrogen) atoms. The molecule has 0 spiro atoms. The van der Waals surface area contributed by atoms with Crippen LogP contribution in [-0.2, 0) is 14.4 Å². The largest absolute Gasteiger partial charge is 0.368 e. The molecule has 0 saturated carbocycles. The number of carbonyl (C=O) groups is 3. The molecule has 1 aromatic heterocycles. The standard InChI is InChI=1S/C21H19FN8O3/c22-13-1-5-16(6-2-13)30-18(20(23)32)9-17(28-30)21(33)25-10-19(31)27-14-3-7-15(8-4-14)29-12-24-11-26-29/h1-8,11-12,18H,9-10H2,(H2,23,32)(H,25,33)(H,27,31). The van der Waals surface area contributed by atoms with Gasteiger partial charge >= 0.3 is 0 Å². The van der Waals surface area contributed by atoms with Gasteiger partial charge in [0.05, 0.1) is 17.9 Å². The Morgan fingerprint density at radius 3 is 2.39 bits per heavy atom. The number of hydrogen-bond acceptors (Lipinski definition) is 7. The minimum atomic E-state index is -0.895. The maximum absolute atomic E-state index is 13.2. The lowest BCUT2D eigenvalue weighted by molar-refractivity contribution is -0.120. The van der Waals surface area contributed by atoms with E-state index in [0.29, 0.717) is 11.4 Å². The summed E-state index contributed by atoms with van der Waals surface area (Å²) < 4.78 is 14.8. The molecule has 0 saturated heterocycles. The molecule has 2 heterocycles. The molecule has 2 aromatic carbocycles. The van der Waals surface area contributed by atoms with Crippen molar-refractivity contribution in [1.82, 2.24) is 20.1 Å². The lowest BCUT2D eigenvalue weighted by atomic mass is 10.1. The first-order valence-corrected chi connectivity index (χ1v) is 9.85. The molecule has 168 valence electrons. The van der Waals surface area contributed by atoms with E-state index in [1.807, 2.05) is 0 Å². The van der Waals surface area contributed by atoms with Crippen LogP contribution < -0.4 is 21.4 Å². The van der Waals surface area contributed by atoms with Crippen LogP contribution in [0, 0.1) is 5.82 Å². The first-order chi connectivity index (χ1) is 15.9. The number of amides is 3. The number of nitrogens with two attached hydrogens (primary N) is 1. The smallest absolute Gasteiger partial charge is 0.268 e. The van der Waals surface area contributed by atoms with Crippen molar-refractivity contribution in [3.05, 3.63) is 67.0 Å². The fraction of sp³-hybridized carbons (Fsp3) is 0.143. The van der Waals surface area contributed by atoms with Gasteiger partial charge in [-0.1, -0.05) is 0 Å². The Labute approximate surface area is 187 Å². The van der Waals surface area contributed by atoms with E-state index in [4.69, 9.17) is 5.73 Å². The van der Waals surface area contributed by atoms with E-state index in [1.165, 1.54) is 35.6 Å². The highest BCUT2D eigenvalue weighted by Gasteiger charge is 2.35. The van der Waals surface area contributed by atoms with Crippen molar-refractivity contribution < 1.29 is 18.8 Å². The molecular formula is C21H19FN8O3. The van der Waals surface area contributed by atoms with Crippen molar-refractivity contribution in [2.45, 2.75) is 12.5 Å². The van der Waals surface area contributed by atoms with Crippen LogP contribution in [0.5, 0.6) is 0 Å². The third-order valence-corrected chi connectivity index (χ3v) is 4.84. The molecule has 4 N–H and O–H groups in total. The van der Waals surface area contributed by atoms with Gasteiger partial charge in [0.2, 0.25) is 11.8 Å². The predicted molar refractivity (Wildman–Crippen MR) is 117 cm³/mol. The summed E-state index contributed by atoms with van der Waals surface area (Å²) in [6, 6.07) is 11.3. The highest BCUT2D eigenvalue weighted by molar-refractivity contribution is 6.40. The van der Waals surface area contributed by atoms with Crippen LogP contribution in [0.25, 0.3) is 5.69 Å². The van der Waals surface area contributed by atoms with E-state index < -0.39 is 29.6 Å². The van der Waals surface area contributed by atoms with Crippen molar-refractivity contribution in [3.8, 4) is 5.69 Å². The van der Waals surface area contributed by atoms with Crippen LogP contribution in [-0.4, -0.2) is 50.8 Å². The number of nitrogens with zero attached hydrogens (tertiary/aromatic N) is 5. The van der Waals surface area contributed by atoms with Crippen molar-refractivity contribution in [3.63, 3.8) is 0 Å². The van der Waals surface area contributed by atoms with Gasteiger partial charge < -0.3 is 16.4 Å². The SMILES string of the molecule is NC(=O)C1CC(C(=O)NCC(=O)Nc2ccc(-n3cncn3)cc2)=NN1c1ccc(F)cc1. The minimum absolute atomic E-state index is 0.0353. The summed E-state index contributed by atoms with van der Waals surface area (Å²) in [5, 5.41) is 14.6. The number of halogens is 1. The maximum atomic E-state index is 13.2.